The van der Waals surface area contributed by atoms with Gasteiger partial charge in [-0.05, 0) is 66.2 Å². The number of rotatable bonds is 4. The van der Waals surface area contributed by atoms with E-state index in [4.69, 9.17) is 0 Å². The van der Waals surface area contributed by atoms with Gasteiger partial charge in [0.25, 0.3) is 0 Å². The SMILES string of the molecule is Cc1ccnc(Sc2[c-]c(-c3[c-]c4c(cc3)c3ccccc3n4-c3cc(C)ccn3)ccc2)c1.[Pt+2]. The van der Waals surface area contributed by atoms with Crippen LogP contribution in [0, 0.1) is 26.0 Å². The van der Waals surface area contributed by atoms with Gasteiger partial charge < -0.3 is 4.57 Å². The van der Waals surface area contributed by atoms with Crippen LogP contribution in [0.15, 0.2) is 101 Å². The number of hydrogen-bond acceptors (Lipinski definition) is 3. The molecule has 3 aromatic heterocycles. The number of pyridine rings is 2. The summed E-state index contributed by atoms with van der Waals surface area (Å²) in [7, 11) is 0. The summed E-state index contributed by atoms with van der Waals surface area (Å²) < 4.78 is 2.20. The van der Waals surface area contributed by atoms with Crippen LogP contribution in [0.5, 0.6) is 0 Å². The molecule has 0 aliphatic heterocycles. The second-order valence-electron chi connectivity index (χ2n) is 8.38. The Morgan fingerprint density at radius 1 is 0.714 bits per heavy atom. The summed E-state index contributed by atoms with van der Waals surface area (Å²) in [6.07, 6.45) is 3.71. The first-order valence-electron chi connectivity index (χ1n) is 11.2. The van der Waals surface area contributed by atoms with Crippen LogP contribution in [-0.2, 0) is 21.1 Å². The summed E-state index contributed by atoms with van der Waals surface area (Å²) in [4.78, 5) is 10.2. The maximum atomic E-state index is 4.68. The van der Waals surface area contributed by atoms with Gasteiger partial charge in [-0.1, -0.05) is 40.2 Å². The summed E-state index contributed by atoms with van der Waals surface area (Å²) in [6, 6.07) is 34.5. The molecule has 0 saturated carbocycles. The van der Waals surface area contributed by atoms with Crippen molar-refractivity contribution in [2.75, 3.05) is 0 Å². The van der Waals surface area contributed by atoms with Gasteiger partial charge >= 0.3 is 21.1 Å². The fourth-order valence-electron chi connectivity index (χ4n) is 4.27. The molecule has 0 unspecified atom stereocenters. The summed E-state index contributed by atoms with van der Waals surface area (Å²) in [5.74, 6) is 0.901. The Morgan fingerprint density at radius 3 is 2.31 bits per heavy atom. The van der Waals surface area contributed by atoms with E-state index in [0.29, 0.717) is 0 Å². The quantitative estimate of drug-likeness (QED) is 0.184. The first kappa shape index (κ1) is 23.5. The molecule has 0 aliphatic rings. The number of benzene rings is 3. The zero-order valence-electron chi connectivity index (χ0n) is 19.2. The van der Waals surface area contributed by atoms with E-state index in [1.54, 1.807) is 11.8 Å². The first-order valence-corrected chi connectivity index (χ1v) is 12.0. The van der Waals surface area contributed by atoms with Crippen LogP contribution in [0.2, 0.25) is 0 Å². The molecule has 3 aromatic carbocycles. The van der Waals surface area contributed by atoms with Gasteiger partial charge in [0.05, 0.1) is 5.03 Å². The second kappa shape index (κ2) is 9.81. The van der Waals surface area contributed by atoms with Crippen molar-refractivity contribution in [3.8, 4) is 16.9 Å². The van der Waals surface area contributed by atoms with E-state index >= 15 is 0 Å². The van der Waals surface area contributed by atoms with Gasteiger partial charge in [-0.2, -0.15) is 30.3 Å². The maximum Gasteiger partial charge on any atom is 2.00 e. The molecule has 3 heterocycles. The number of hydrogen-bond donors (Lipinski definition) is 0. The predicted molar refractivity (Wildman–Crippen MR) is 140 cm³/mol. The van der Waals surface area contributed by atoms with Crippen LogP contribution in [0.4, 0.5) is 0 Å². The monoisotopic (exact) mass is 650 g/mol. The molecule has 0 atom stereocenters. The molecular weight excluding hydrogens is 629 g/mol. The molecule has 5 heteroatoms. The normalized spacial score (nSPS) is 11.0. The summed E-state index contributed by atoms with van der Waals surface area (Å²) in [6.45, 7) is 4.17. The number of para-hydroxylation sites is 1. The minimum absolute atomic E-state index is 0. The predicted octanol–water partition coefficient (Wildman–Crippen LogP) is 7.61. The van der Waals surface area contributed by atoms with E-state index in [1.165, 1.54) is 16.5 Å². The molecular formula is C30H21N3PtS. The Labute approximate surface area is 223 Å². The van der Waals surface area contributed by atoms with Gasteiger partial charge in [0, 0.05) is 17.9 Å². The largest absolute Gasteiger partial charge is 2.00 e. The van der Waals surface area contributed by atoms with Crippen molar-refractivity contribution >= 4 is 33.6 Å². The van der Waals surface area contributed by atoms with Gasteiger partial charge in [-0.25, -0.2) is 21.1 Å². The Hall–Kier alpha value is -3.20. The van der Waals surface area contributed by atoms with Crippen molar-refractivity contribution < 1.29 is 21.1 Å². The zero-order chi connectivity index (χ0) is 23.1. The molecule has 0 saturated heterocycles. The molecule has 0 fully saturated rings. The zero-order valence-corrected chi connectivity index (χ0v) is 22.3. The molecule has 6 rings (SSSR count). The molecule has 0 aliphatic carbocycles. The van der Waals surface area contributed by atoms with Crippen LogP contribution >= 0.6 is 11.8 Å². The third kappa shape index (κ3) is 4.57. The van der Waals surface area contributed by atoms with Crippen molar-refractivity contribution in [2.45, 2.75) is 23.8 Å². The minimum atomic E-state index is 0. The summed E-state index contributed by atoms with van der Waals surface area (Å²) in [5.41, 5.74) is 6.53. The van der Waals surface area contributed by atoms with E-state index < -0.39 is 0 Å². The average Bonchev–Trinajstić information content (AvgIpc) is 3.18. The van der Waals surface area contributed by atoms with Gasteiger partial charge in [0.1, 0.15) is 5.82 Å². The van der Waals surface area contributed by atoms with Gasteiger partial charge in [0.15, 0.2) is 0 Å². The topological polar surface area (TPSA) is 30.7 Å². The molecule has 6 aromatic rings. The number of aryl methyl sites for hydroxylation is 2. The van der Waals surface area contributed by atoms with E-state index in [0.717, 1.165) is 43.3 Å². The van der Waals surface area contributed by atoms with Gasteiger partial charge in [-0.15, -0.1) is 12.1 Å². The van der Waals surface area contributed by atoms with E-state index in [1.807, 2.05) is 24.5 Å². The first-order chi connectivity index (χ1) is 16.7. The molecule has 35 heavy (non-hydrogen) atoms. The molecule has 0 amide bonds. The number of nitrogens with zero attached hydrogens (tertiary/aromatic N) is 3. The minimum Gasteiger partial charge on any atom is -0.314 e. The maximum absolute atomic E-state index is 4.68. The second-order valence-corrected chi connectivity index (χ2v) is 9.44. The standard InChI is InChI=1S/C30H21N3S.Pt/c1-20-12-14-31-29(16-20)33-27-9-4-3-8-25(27)26-11-10-23(19-28(26)33)22-6-5-7-24(18-22)34-30-17-21(2)13-15-32-30;/h3-17H,1-2H3;/q-2;+2. The molecule has 0 bridgehead atoms. The van der Waals surface area contributed by atoms with E-state index in [-0.39, 0.29) is 21.1 Å². The van der Waals surface area contributed by atoms with Crippen molar-refractivity contribution in [2.24, 2.45) is 0 Å². The van der Waals surface area contributed by atoms with Crippen molar-refractivity contribution in [1.82, 2.24) is 14.5 Å². The van der Waals surface area contributed by atoms with Crippen LogP contribution in [0.3, 0.4) is 0 Å². The third-order valence-corrected chi connectivity index (χ3v) is 6.77. The van der Waals surface area contributed by atoms with Crippen molar-refractivity contribution in [3.05, 3.63) is 115 Å². The van der Waals surface area contributed by atoms with Crippen molar-refractivity contribution in [1.29, 1.82) is 0 Å². The van der Waals surface area contributed by atoms with Gasteiger partial charge in [-0.3, -0.25) is 0 Å². The van der Waals surface area contributed by atoms with E-state index in [2.05, 4.69) is 107 Å². The molecule has 3 nitrogen and oxygen atoms in total. The molecule has 172 valence electrons. The average molecular weight is 651 g/mol. The fourth-order valence-corrected chi connectivity index (χ4v) is 5.16. The Morgan fingerprint density at radius 2 is 1.49 bits per heavy atom. The Balaban J connectivity index is 0.00000253. The molecule has 0 radical (unpaired) electrons. The fraction of sp³-hybridized carbons (Fsp3) is 0.0667. The van der Waals surface area contributed by atoms with Crippen LogP contribution in [-0.4, -0.2) is 14.5 Å². The van der Waals surface area contributed by atoms with Crippen LogP contribution in [0.1, 0.15) is 11.1 Å². The third-order valence-electron chi connectivity index (χ3n) is 5.88. The summed E-state index contributed by atoms with van der Waals surface area (Å²) >= 11 is 1.62. The Kier molecular flexibility index (Phi) is 6.60. The van der Waals surface area contributed by atoms with Gasteiger partial charge in [0.2, 0.25) is 0 Å². The van der Waals surface area contributed by atoms with Crippen LogP contribution in [0.25, 0.3) is 38.8 Å². The smallest absolute Gasteiger partial charge is 0.314 e. The Bertz CT molecular complexity index is 1670. The molecule has 0 N–H and O–H groups in total. The summed E-state index contributed by atoms with van der Waals surface area (Å²) in [5, 5.41) is 3.33. The number of aromatic nitrogens is 3. The molecule has 0 spiro atoms. The van der Waals surface area contributed by atoms with Crippen LogP contribution < -0.4 is 0 Å². The number of fused-ring (bicyclic) bond motifs is 3. The van der Waals surface area contributed by atoms with Crippen molar-refractivity contribution in [3.63, 3.8) is 0 Å². The van der Waals surface area contributed by atoms with E-state index in [9.17, 15) is 0 Å².